The number of halogens is 1. The first-order chi connectivity index (χ1) is 24.1. The highest BCUT2D eigenvalue weighted by molar-refractivity contribution is 8.23. The van der Waals surface area contributed by atoms with Crippen molar-refractivity contribution in [2.75, 3.05) is 0 Å². The first-order valence-corrected chi connectivity index (χ1v) is 19.6. The minimum absolute atomic E-state index is 0.716. The van der Waals surface area contributed by atoms with E-state index >= 15 is 0 Å². The van der Waals surface area contributed by atoms with Gasteiger partial charge in [-0.25, -0.2) is 0 Å². The Morgan fingerprint density at radius 3 is 0.959 bits per heavy atom. The number of fused-ring (bicyclic) bond motifs is 4. The van der Waals surface area contributed by atoms with Crippen molar-refractivity contribution in [3.8, 4) is 0 Å². The highest BCUT2D eigenvalue weighted by atomic mass is 35.5. The van der Waals surface area contributed by atoms with Gasteiger partial charge in [0.05, 0.1) is 13.5 Å². The van der Waals surface area contributed by atoms with Gasteiger partial charge in [0.25, 0.3) is 0 Å². The Labute approximate surface area is 308 Å². The van der Waals surface area contributed by atoms with Gasteiger partial charge in [-0.1, -0.05) is 180 Å². The topological polar surface area (TPSA) is 0 Å². The minimum Gasteiger partial charge on any atom is -0.0827 e. The number of allylic oxidation sites excluding steroid dienone is 2. The Morgan fingerprint density at radius 2 is 0.633 bits per heavy atom. The normalized spacial score (nSPS) is 11.3. The number of hydrogen-bond acceptors (Lipinski definition) is 4. The van der Waals surface area contributed by atoms with E-state index in [0.717, 1.165) is 18.3 Å². The van der Waals surface area contributed by atoms with Crippen molar-refractivity contribution in [3.63, 3.8) is 0 Å². The van der Waals surface area contributed by atoms with E-state index in [-0.39, 0.29) is 0 Å². The average Bonchev–Trinajstić information content (AvgIpc) is 3.14. The lowest BCUT2D eigenvalue weighted by Crippen LogP contribution is -1.83. The van der Waals surface area contributed by atoms with Crippen LogP contribution in [0.25, 0.3) is 43.1 Å². The molecule has 49 heavy (non-hydrogen) atoms. The summed E-state index contributed by atoms with van der Waals surface area (Å²) in [5, 5.41) is 10.5. The van der Waals surface area contributed by atoms with Crippen LogP contribution in [0.3, 0.4) is 0 Å². The molecule has 0 radical (unpaired) electrons. The number of hydrogen-bond donors (Lipinski definition) is 0. The third-order valence-corrected chi connectivity index (χ3v) is 13.1. The van der Waals surface area contributed by atoms with Crippen LogP contribution in [0.15, 0.2) is 209 Å². The molecular weight excluding hydrogens is 692 g/mol. The van der Waals surface area contributed by atoms with Crippen LogP contribution in [-0.4, -0.2) is 0 Å². The highest BCUT2D eigenvalue weighted by Gasteiger charge is 2.14. The van der Waals surface area contributed by atoms with E-state index in [9.17, 15) is 0 Å². The molecule has 0 heterocycles. The lowest BCUT2D eigenvalue weighted by atomic mass is 10.1. The summed E-state index contributed by atoms with van der Waals surface area (Å²) in [5.74, 6) is 0. The molecule has 0 aliphatic carbocycles. The van der Waals surface area contributed by atoms with Gasteiger partial charge in [0.1, 0.15) is 0 Å². The molecule has 0 amide bonds. The van der Waals surface area contributed by atoms with E-state index in [2.05, 4.69) is 176 Å². The Morgan fingerprint density at radius 1 is 0.347 bits per heavy atom. The largest absolute Gasteiger partial charge is 0.0827 e. The third kappa shape index (κ3) is 7.75. The number of rotatable bonds is 9. The monoisotopic (exact) mass is 720 g/mol. The minimum atomic E-state index is 0.716. The maximum Gasteiger partial charge on any atom is 0.0685 e. The molecule has 0 spiro atoms. The van der Waals surface area contributed by atoms with Crippen molar-refractivity contribution in [2.45, 2.75) is 19.6 Å². The maximum absolute atomic E-state index is 7.44. The fraction of sp³-hybridized carbons (Fsp3) is 0. The second kappa shape index (κ2) is 14.8. The molecule has 8 aromatic rings. The van der Waals surface area contributed by atoms with E-state index in [0.29, 0.717) is 5.03 Å². The standard InChI is InChI=1S/C44H29ClS4/c45-42(44(48-40-23-19-32-11-3-7-15-36(32)27-40)49-41-24-20-33-12-4-8-16-37(33)28-41)29-43(46-38-21-17-30-9-1-5-13-34(30)25-38)47-39-22-18-31-10-2-6-14-35(31)26-39/h1-29H. The summed E-state index contributed by atoms with van der Waals surface area (Å²) in [7, 11) is 0. The van der Waals surface area contributed by atoms with Crippen LogP contribution >= 0.6 is 58.6 Å². The summed E-state index contributed by atoms with van der Waals surface area (Å²) >= 11 is 14.4. The summed E-state index contributed by atoms with van der Waals surface area (Å²) in [6, 6.07) is 60.6. The van der Waals surface area contributed by atoms with Crippen molar-refractivity contribution in [3.05, 3.63) is 189 Å². The summed E-state index contributed by atoms with van der Waals surface area (Å²) in [5.41, 5.74) is 0. The fourth-order valence-corrected chi connectivity index (χ4v) is 10.5. The summed E-state index contributed by atoms with van der Waals surface area (Å²) in [4.78, 5) is 4.65. The van der Waals surface area contributed by atoms with Crippen LogP contribution in [-0.2, 0) is 0 Å². The predicted molar refractivity (Wildman–Crippen MR) is 220 cm³/mol. The molecule has 0 aliphatic rings. The molecule has 236 valence electrons. The maximum atomic E-state index is 7.44. The molecule has 0 nitrogen and oxygen atoms in total. The van der Waals surface area contributed by atoms with Crippen molar-refractivity contribution in [2.24, 2.45) is 0 Å². The Hall–Kier alpha value is -4.03. The smallest absolute Gasteiger partial charge is 0.0685 e. The van der Waals surface area contributed by atoms with Gasteiger partial charge in [-0.15, -0.1) is 0 Å². The van der Waals surface area contributed by atoms with Gasteiger partial charge in [-0.05, 0) is 97.7 Å². The van der Waals surface area contributed by atoms with Crippen molar-refractivity contribution >= 4 is 102 Å². The molecule has 8 rings (SSSR count). The second-order valence-corrected chi connectivity index (χ2v) is 16.9. The van der Waals surface area contributed by atoms with Crippen LogP contribution in [0.1, 0.15) is 0 Å². The van der Waals surface area contributed by atoms with Crippen LogP contribution < -0.4 is 0 Å². The van der Waals surface area contributed by atoms with Gasteiger partial charge in [-0.3, -0.25) is 0 Å². The highest BCUT2D eigenvalue weighted by Crippen LogP contribution is 2.47. The third-order valence-electron chi connectivity index (χ3n) is 8.18. The van der Waals surface area contributed by atoms with Gasteiger partial charge >= 0.3 is 0 Å². The van der Waals surface area contributed by atoms with Crippen LogP contribution in [0.4, 0.5) is 0 Å². The van der Waals surface area contributed by atoms with Crippen molar-refractivity contribution < 1.29 is 0 Å². The quantitative estimate of drug-likeness (QED) is 0.107. The molecule has 0 aromatic heterocycles. The Balaban J connectivity index is 1.21. The molecular formula is C44H29ClS4. The van der Waals surface area contributed by atoms with Gasteiger partial charge < -0.3 is 0 Å². The van der Waals surface area contributed by atoms with Gasteiger partial charge in [0, 0.05) is 19.6 Å². The van der Waals surface area contributed by atoms with E-state index in [4.69, 9.17) is 11.6 Å². The van der Waals surface area contributed by atoms with Crippen LogP contribution in [0.2, 0.25) is 0 Å². The van der Waals surface area contributed by atoms with E-state index in [1.165, 1.54) is 52.9 Å². The fourth-order valence-electron chi connectivity index (χ4n) is 5.73. The van der Waals surface area contributed by atoms with Crippen LogP contribution in [0, 0.1) is 0 Å². The number of benzene rings is 8. The molecule has 5 heteroatoms. The first-order valence-electron chi connectivity index (χ1n) is 15.9. The first kappa shape index (κ1) is 32.2. The molecule has 0 N–H and O–H groups in total. The number of thioether (sulfide) groups is 4. The predicted octanol–water partition coefficient (Wildman–Crippen LogP) is 15.0. The summed E-state index contributed by atoms with van der Waals surface area (Å²) in [6.45, 7) is 0. The van der Waals surface area contributed by atoms with Gasteiger partial charge in [0.15, 0.2) is 0 Å². The zero-order chi connectivity index (χ0) is 33.0. The van der Waals surface area contributed by atoms with Crippen molar-refractivity contribution in [1.29, 1.82) is 0 Å². The molecule has 0 saturated carbocycles. The molecule has 8 aromatic carbocycles. The van der Waals surface area contributed by atoms with E-state index < -0.39 is 0 Å². The molecule has 0 unspecified atom stereocenters. The zero-order valence-electron chi connectivity index (χ0n) is 26.3. The second-order valence-electron chi connectivity index (χ2n) is 11.5. The molecule has 0 atom stereocenters. The zero-order valence-corrected chi connectivity index (χ0v) is 30.3. The van der Waals surface area contributed by atoms with Crippen molar-refractivity contribution in [1.82, 2.24) is 0 Å². The molecule has 0 fully saturated rings. The average molecular weight is 721 g/mol. The Bertz CT molecular complexity index is 2370. The van der Waals surface area contributed by atoms with Crippen LogP contribution in [0.5, 0.6) is 0 Å². The molecule has 0 aliphatic heterocycles. The Kier molecular flexibility index (Phi) is 9.75. The van der Waals surface area contributed by atoms with Gasteiger partial charge in [-0.2, -0.15) is 0 Å². The summed E-state index contributed by atoms with van der Waals surface area (Å²) < 4.78 is 2.13. The lowest BCUT2D eigenvalue weighted by molar-refractivity contribution is 1.50. The molecule has 0 bridgehead atoms. The van der Waals surface area contributed by atoms with Gasteiger partial charge in [0.2, 0.25) is 0 Å². The summed E-state index contributed by atoms with van der Waals surface area (Å²) in [6.07, 6.45) is 2.15. The molecule has 0 saturated heterocycles. The van der Waals surface area contributed by atoms with E-state index in [1.54, 1.807) is 47.0 Å². The lowest BCUT2D eigenvalue weighted by Gasteiger charge is -2.13. The van der Waals surface area contributed by atoms with E-state index in [1.807, 2.05) is 0 Å². The SMILES string of the molecule is ClC(C=C(Sc1ccc2ccccc2c1)Sc1ccc2ccccc2c1)=C(Sc1ccc2ccccc2c1)Sc1ccc2ccccc2c1.